The lowest BCUT2D eigenvalue weighted by Crippen LogP contribution is -2.24. The Balaban J connectivity index is 1.58. The van der Waals surface area contributed by atoms with Crippen LogP contribution in [0.4, 0.5) is 13.2 Å². The van der Waals surface area contributed by atoms with Crippen LogP contribution in [0.5, 0.6) is 0 Å². The molecule has 0 amide bonds. The molecule has 0 fully saturated rings. The molecule has 158 valence electrons. The molecule has 0 saturated carbocycles. The standard InChI is InChI=1S/C22H15F3N2O3S/c1-11-16-10-19(31-21(16)27(26-11)15-6-4-14(23)5-7-15)22(29)30-12(2)20(28)13-3-8-17(24)18(25)9-13/h3-10,12H,1-2H3. The van der Waals surface area contributed by atoms with E-state index in [4.69, 9.17) is 4.74 Å². The molecule has 9 heteroatoms. The molecule has 0 saturated heterocycles. The number of carbonyl (C=O) groups is 2. The van der Waals surface area contributed by atoms with Gasteiger partial charge in [0.25, 0.3) is 0 Å². The van der Waals surface area contributed by atoms with E-state index in [1.165, 1.54) is 19.1 Å². The highest BCUT2D eigenvalue weighted by molar-refractivity contribution is 7.20. The number of fused-ring (bicyclic) bond motifs is 1. The zero-order valence-electron chi connectivity index (χ0n) is 16.4. The van der Waals surface area contributed by atoms with Crippen molar-refractivity contribution in [2.45, 2.75) is 20.0 Å². The molecule has 0 N–H and O–H groups in total. The van der Waals surface area contributed by atoms with E-state index in [1.54, 1.807) is 29.8 Å². The summed E-state index contributed by atoms with van der Waals surface area (Å²) in [6.07, 6.45) is -1.20. The Labute approximate surface area is 178 Å². The van der Waals surface area contributed by atoms with Crippen LogP contribution in [0, 0.1) is 24.4 Å². The van der Waals surface area contributed by atoms with E-state index in [2.05, 4.69) is 5.10 Å². The molecule has 2 heterocycles. The second-order valence-corrected chi connectivity index (χ2v) is 7.87. The Morgan fingerprint density at radius 1 is 1.03 bits per heavy atom. The summed E-state index contributed by atoms with van der Waals surface area (Å²) in [6, 6.07) is 10.1. The smallest absolute Gasteiger partial charge is 0.349 e. The summed E-state index contributed by atoms with van der Waals surface area (Å²) in [5.41, 5.74) is 1.20. The summed E-state index contributed by atoms with van der Waals surface area (Å²) in [7, 11) is 0. The van der Waals surface area contributed by atoms with Crippen LogP contribution < -0.4 is 0 Å². The molecule has 0 aliphatic rings. The van der Waals surface area contributed by atoms with Crippen LogP contribution in [0.15, 0.2) is 48.5 Å². The number of ketones is 1. The number of esters is 1. The Bertz CT molecular complexity index is 1310. The van der Waals surface area contributed by atoms with E-state index in [-0.39, 0.29) is 16.3 Å². The number of halogens is 3. The second-order valence-electron chi connectivity index (χ2n) is 6.84. The molecule has 2 aromatic carbocycles. The number of aromatic nitrogens is 2. The Morgan fingerprint density at radius 3 is 2.42 bits per heavy atom. The van der Waals surface area contributed by atoms with Crippen LogP contribution in [0.25, 0.3) is 15.9 Å². The highest BCUT2D eigenvalue weighted by atomic mass is 32.1. The number of thiophene rings is 1. The Hall–Kier alpha value is -3.46. The number of benzene rings is 2. The van der Waals surface area contributed by atoms with Gasteiger partial charge in [-0.3, -0.25) is 4.79 Å². The van der Waals surface area contributed by atoms with Gasteiger partial charge in [0.15, 0.2) is 17.7 Å². The van der Waals surface area contributed by atoms with Crippen molar-refractivity contribution in [2.24, 2.45) is 0 Å². The summed E-state index contributed by atoms with van der Waals surface area (Å²) < 4.78 is 46.5. The quantitative estimate of drug-likeness (QED) is 0.312. The van der Waals surface area contributed by atoms with Gasteiger partial charge in [0, 0.05) is 10.9 Å². The molecule has 4 rings (SSSR count). The first-order valence-electron chi connectivity index (χ1n) is 9.20. The zero-order chi connectivity index (χ0) is 22.3. The lowest BCUT2D eigenvalue weighted by Gasteiger charge is -2.11. The average molecular weight is 444 g/mol. The van der Waals surface area contributed by atoms with Gasteiger partial charge in [0.2, 0.25) is 5.78 Å². The van der Waals surface area contributed by atoms with Gasteiger partial charge in [-0.15, -0.1) is 11.3 Å². The molecule has 0 aliphatic carbocycles. The fraction of sp³-hybridized carbons (Fsp3) is 0.136. The van der Waals surface area contributed by atoms with Crippen molar-refractivity contribution in [3.05, 3.63) is 82.1 Å². The third-order valence-corrected chi connectivity index (χ3v) is 5.76. The number of carbonyl (C=O) groups excluding carboxylic acids is 2. The third kappa shape index (κ3) is 3.96. The third-order valence-electron chi connectivity index (χ3n) is 4.67. The monoisotopic (exact) mass is 444 g/mol. The topological polar surface area (TPSA) is 61.2 Å². The molecule has 1 atom stereocenters. The van der Waals surface area contributed by atoms with Gasteiger partial charge < -0.3 is 4.74 Å². The maximum Gasteiger partial charge on any atom is 0.349 e. The molecule has 2 aromatic heterocycles. The number of rotatable bonds is 5. The number of aryl methyl sites for hydroxylation is 1. The van der Waals surface area contributed by atoms with Gasteiger partial charge in [-0.25, -0.2) is 22.6 Å². The van der Waals surface area contributed by atoms with Crippen LogP contribution in [0.3, 0.4) is 0 Å². The minimum atomic E-state index is -1.20. The summed E-state index contributed by atoms with van der Waals surface area (Å²) in [6.45, 7) is 3.14. The van der Waals surface area contributed by atoms with E-state index in [0.29, 0.717) is 16.2 Å². The minimum absolute atomic E-state index is 0.0988. The van der Waals surface area contributed by atoms with Crippen molar-refractivity contribution in [3.8, 4) is 5.69 Å². The summed E-state index contributed by atoms with van der Waals surface area (Å²) in [5.74, 6) is -3.98. The molecule has 5 nitrogen and oxygen atoms in total. The van der Waals surface area contributed by atoms with Gasteiger partial charge >= 0.3 is 5.97 Å². The molecular formula is C22H15F3N2O3S. The highest BCUT2D eigenvalue weighted by Crippen LogP contribution is 2.31. The van der Waals surface area contributed by atoms with Crippen LogP contribution in [-0.2, 0) is 4.74 Å². The SMILES string of the molecule is Cc1nn(-c2ccc(F)cc2)c2sc(C(=O)OC(C)C(=O)c3ccc(F)c(F)c3)cc12. The summed E-state index contributed by atoms with van der Waals surface area (Å²) in [4.78, 5) is 25.9. The van der Waals surface area contributed by atoms with E-state index >= 15 is 0 Å². The molecular weight excluding hydrogens is 429 g/mol. The van der Waals surface area contributed by atoms with Crippen molar-refractivity contribution < 1.29 is 27.5 Å². The van der Waals surface area contributed by atoms with E-state index in [1.807, 2.05) is 0 Å². The number of hydrogen-bond acceptors (Lipinski definition) is 5. The fourth-order valence-electron chi connectivity index (χ4n) is 3.06. The normalized spacial score (nSPS) is 12.2. The van der Waals surface area contributed by atoms with Crippen molar-refractivity contribution in [1.82, 2.24) is 9.78 Å². The average Bonchev–Trinajstić information content (AvgIpc) is 3.31. The molecule has 0 spiro atoms. The van der Waals surface area contributed by atoms with Crippen molar-refractivity contribution in [3.63, 3.8) is 0 Å². The Morgan fingerprint density at radius 2 is 1.74 bits per heavy atom. The predicted octanol–water partition coefficient (Wildman–Crippen LogP) is 5.24. The number of ether oxygens (including phenoxy) is 1. The van der Waals surface area contributed by atoms with Gasteiger partial charge in [-0.1, -0.05) is 0 Å². The maximum absolute atomic E-state index is 13.4. The van der Waals surface area contributed by atoms with Crippen molar-refractivity contribution in [1.29, 1.82) is 0 Å². The van der Waals surface area contributed by atoms with Gasteiger partial charge in [0.1, 0.15) is 15.5 Å². The molecule has 0 radical (unpaired) electrons. The van der Waals surface area contributed by atoms with Crippen LogP contribution in [0.1, 0.15) is 32.6 Å². The van der Waals surface area contributed by atoms with Crippen molar-refractivity contribution >= 4 is 33.3 Å². The number of nitrogens with zero attached hydrogens (tertiary/aromatic N) is 2. The second kappa shape index (κ2) is 7.99. The van der Waals surface area contributed by atoms with Crippen LogP contribution >= 0.6 is 11.3 Å². The summed E-state index contributed by atoms with van der Waals surface area (Å²) >= 11 is 1.12. The molecule has 31 heavy (non-hydrogen) atoms. The molecule has 0 bridgehead atoms. The first kappa shape index (κ1) is 20.8. The zero-order valence-corrected chi connectivity index (χ0v) is 17.2. The number of Topliss-reactive ketones (excluding diaryl/α,β-unsaturated/α-hetero) is 1. The Kier molecular flexibility index (Phi) is 5.36. The van der Waals surface area contributed by atoms with E-state index in [9.17, 15) is 22.8 Å². The van der Waals surface area contributed by atoms with Gasteiger partial charge in [0.05, 0.1) is 11.4 Å². The molecule has 4 aromatic rings. The van der Waals surface area contributed by atoms with Gasteiger partial charge in [-0.2, -0.15) is 5.10 Å². The number of hydrogen-bond donors (Lipinski definition) is 0. The fourth-order valence-corrected chi connectivity index (χ4v) is 4.13. The largest absolute Gasteiger partial charge is 0.450 e. The maximum atomic E-state index is 13.4. The van der Waals surface area contributed by atoms with E-state index in [0.717, 1.165) is 34.9 Å². The predicted molar refractivity (Wildman–Crippen MR) is 109 cm³/mol. The van der Waals surface area contributed by atoms with E-state index < -0.39 is 29.5 Å². The van der Waals surface area contributed by atoms with Crippen LogP contribution in [0.2, 0.25) is 0 Å². The lowest BCUT2D eigenvalue weighted by atomic mass is 10.1. The van der Waals surface area contributed by atoms with Gasteiger partial charge in [-0.05, 0) is 62.4 Å². The highest BCUT2D eigenvalue weighted by Gasteiger charge is 2.24. The first-order valence-corrected chi connectivity index (χ1v) is 10.0. The molecule has 0 aliphatic heterocycles. The lowest BCUT2D eigenvalue weighted by molar-refractivity contribution is 0.0323. The van der Waals surface area contributed by atoms with Crippen molar-refractivity contribution in [2.75, 3.05) is 0 Å². The van der Waals surface area contributed by atoms with Crippen LogP contribution in [-0.4, -0.2) is 27.6 Å². The minimum Gasteiger partial charge on any atom is -0.450 e. The first-order chi connectivity index (χ1) is 14.7. The molecule has 1 unspecified atom stereocenters. The summed E-state index contributed by atoms with van der Waals surface area (Å²) in [5, 5.41) is 5.15.